The summed E-state index contributed by atoms with van der Waals surface area (Å²) in [5.74, 6) is -0.0163. The Hall–Kier alpha value is -3.94. The van der Waals surface area contributed by atoms with Crippen LogP contribution in [0.2, 0.25) is 0 Å². The highest BCUT2D eigenvalue weighted by Gasteiger charge is 2.29. The van der Waals surface area contributed by atoms with E-state index >= 15 is 0 Å². The number of para-hydroxylation sites is 2. The third-order valence-corrected chi connectivity index (χ3v) is 5.72. The Morgan fingerprint density at radius 1 is 1.00 bits per heavy atom. The van der Waals surface area contributed by atoms with Crippen LogP contribution in [0.3, 0.4) is 0 Å². The maximum Gasteiger partial charge on any atom is 0.677 e. The number of aromatic nitrogens is 1. The smallest absolute Gasteiger partial charge is 0.507 e. The molecule has 3 aromatic rings. The zero-order valence-corrected chi connectivity index (χ0v) is 19.3. The van der Waals surface area contributed by atoms with Gasteiger partial charge in [0.05, 0.1) is 5.70 Å². The lowest BCUT2D eigenvalue weighted by atomic mass is 9.93. The molecule has 2 heterocycles. The first kappa shape index (κ1) is 23.2. The van der Waals surface area contributed by atoms with Gasteiger partial charge in [-0.3, -0.25) is 18.6 Å². The Morgan fingerprint density at radius 3 is 2.38 bits per heavy atom. The fourth-order valence-corrected chi connectivity index (χ4v) is 4.23. The molecule has 1 aromatic heterocycles. The quantitative estimate of drug-likeness (QED) is 0.351. The third kappa shape index (κ3) is 4.31. The molecule has 34 heavy (non-hydrogen) atoms. The van der Waals surface area contributed by atoms with Gasteiger partial charge in [0, 0.05) is 34.5 Å². The first-order valence-electron chi connectivity index (χ1n) is 10.8. The van der Waals surface area contributed by atoms with Crippen molar-refractivity contribution < 1.29 is 18.8 Å². The molecule has 0 radical (unpaired) electrons. The molecule has 0 saturated carbocycles. The first-order chi connectivity index (χ1) is 16.2. The predicted molar refractivity (Wildman–Crippen MR) is 134 cm³/mol. The Bertz CT molecular complexity index is 1400. The highest BCUT2D eigenvalue weighted by atomic mass is 19.2. The average Bonchev–Trinajstić information content (AvgIpc) is 3.26. The molecule has 0 aliphatic carbocycles. The summed E-state index contributed by atoms with van der Waals surface area (Å²) in [7, 11) is -2.73. The van der Waals surface area contributed by atoms with Crippen LogP contribution in [0.1, 0.15) is 41.9 Å². The number of benzene rings is 2. The number of phenols is 2. The van der Waals surface area contributed by atoms with Gasteiger partial charge >= 0.3 is 7.40 Å². The van der Waals surface area contributed by atoms with Crippen LogP contribution in [-0.4, -0.2) is 34.0 Å². The minimum Gasteiger partial charge on any atom is -0.507 e. The van der Waals surface area contributed by atoms with Crippen LogP contribution in [-0.2, 0) is 0 Å². The number of halogens is 2. The van der Waals surface area contributed by atoms with E-state index in [1.54, 1.807) is 50.2 Å². The number of rotatable bonds is 5. The molecule has 0 bridgehead atoms. The molecule has 0 fully saturated rings. The van der Waals surface area contributed by atoms with Gasteiger partial charge in [0.15, 0.2) is 0 Å². The molecule has 0 saturated heterocycles. The van der Waals surface area contributed by atoms with Crippen molar-refractivity contribution in [2.24, 2.45) is 9.98 Å². The topological polar surface area (TPSA) is 70.1 Å². The molecular weight excluding hydrogens is 435 g/mol. The van der Waals surface area contributed by atoms with E-state index in [0.717, 1.165) is 15.8 Å². The zero-order valence-electron chi connectivity index (χ0n) is 19.3. The van der Waals surface area contributed by atoms with Crippen LogP contribution < -0.4 is 0 Å². The van der Waals surface area contributed by atoms with E-state index in [-0.39, 0.29) is 11.5 Å². The van der Waals surface area contributed by atoms with Gasteiger partial charge in [-0.25, -0.2) is 0 Å². The fourth-order valence-electron chi connectivity index (χ4n) is 4.23. The molecule has 172 valence electrons. The van der Waals surface area contributed by atoms with Gasteiger partial charge in [-0.15, -0.1) is 0 Å². The Labute approximate surface area is 197 Å². The molecule has 0 atom stereocenters. The van der Waals surface area contributed by atoms with Crippen molar-refractivity contribution in [3.63, 3.8) is 0 Å². The lowest BCUT2D eigenvalue weighted by Gasteiger charge is -2.17. The van der Waals surface area contributed by atoms with Gasteiger partial charge in [0.1, 0.15) is 17.2 Å². The summed E-state index contributed by atoms with van der Waals surface area (Å²) in [6.07, 6.45) is 3.35. The normalized spacial score (nSPS) is 15.0. The van der Waals surface area contributed by atoms with Gasteiger partial charge in [0.2, 0.25) is 0 Å². The van der Waals surface area contributed by atoms with Gasteiger partial charge in [-0.2, -0.15) is 0 Å². The van der Waals surface area contributed by atoms with Crippen molar-refractivity contribution in [2.75, 3.05) is 0 Å². The van der Waals surface area contributed by atoms with Crippen molar-refractivity contribution in [3.8, 4) is 11.5 Å². The minimum absolute atomic E-state index is 0.00888. The SMILES string of the molecule is CC1=CC(C)=N/C1=C(/c1ccc(O)c(C=Nc2ccccc2O)c1)c1c(C)cc(C)n1B(F)F. The molecule has 1 aliphatic heterocycles. The summed E-state index contributed by atoms with van der Waals surface area (Å²) in [5, 5.41) is 20.4. The largest absolute Gasteiger partial charge is 0.677 e. The van der Waals surface area contributed by atoms with E-state index in [9.17, 15) is 18.8 Å². The van der Waals surface area contributed by atoms with Crippen LogP contribution >= 0.6 is 0 Å². The van der Waals surface area contributed by atoms with Crippen LogP contribution in [0.4, 0.5) is 14.3 Å². The summed E-state index contributed by atoms with van der Waals surface area (Å²) in [4.78, 5) is 8.93. The Balaban J connectivity index is 1.94. The highest BCUT2D eigenvalue weighted by molar-refractivity contribution is 6.41. The number of aryl methyl sites for hydroxylation is 2. The maximum absolute atomic E-state index is 14.1. The van der Waals surface area contributed by atoms with E-state index in [1.807, 2.05) is 19.9 Å². The predicted octanol–water partition coefficient (Wildman–Crippen LogP) is 6.22. The molecule has 0 unspecified atom stereocenters. The van der Waals surface area contributed by atoms with Crippen LogP contribution in [0.5, 0.6) is 11.5 Å². The Morgan fingerprint density at radius 2 is 1.74 bits per heavy atom. The third-order valence-electron chi connectivity index (χ3n) is 5.72. The summed E-state index contributed by atoms with van der Waals surface area (Å²) in [5.41, 5.74) is 5.67. The van der Waals surface area contributed by atoms with E-state index < -0.39 is 7.40 Å². The molecular formula is C26H24BF2N3O2. The van der Waals surface area contributed by atoms with E-state index in [2.05, 4.69) is 9.98 Å². The second kappa shape index (κ2) is 9.13. The number of nitrogens with zero attached hydrogens (tertiary/aromatic N) is 3. The number of aromatic hydroxyl groups is 2. The highest BCUT2D eigenvalue weighted by Crippen LogP contribution is 2.38. The van der Waals surface area contributed by atoms with E-state index in [0.29, 0.717) is 45.0 Å². The summed E-state index contributed by atoms with van der Waals surface area (Å²) < 4.78 is 29.3. The van der Waals surface area contributed by atoms with Gasteiger partial charge < -0.3 is 14.7 Å². The first-order valence-corrected chi connectivity index (χ1v) is 10.8. The zero-order chi connectivity index (χ0) is 24.6. The molecule has 1 aliphatic rings. The Kier molecular flexibility index (Phi) is 6.24. The molecule has 4 rings (SSSR count). The average molecular weight is 459 g/mol. The monoisotopic (exact) mass is 459 g/mol. The minimum atomic E-state index is -2.73. The number of hydrogen-bond acceptors (Lipinski definition) is 4. The summed E-state index contributed by atoms with van der Waals surface area (Å²) in [6, 6.07) is 13.2. The van der Waals surface area contributed by atoms with Crippen molar-refractivity contribution in [3.05, 3.63) is 94.0 Å². The molecule has 5 nitrogen and oxygen atoms in total. The second-order valence-corrected chi connectivity index (χ2v) is 8.29. The van der Waals surface area contributed by atoms with Crippen LogP contribution in [0.25, 0.3) is 5.57 Å². The summed E-state index contributed by atoms with van der Waals surface area (Å²) in [6.45, 7) is 7.21. The lowest BCUT2D eigenvalue weighted by Crippen LogP contribution is -2.18. The number of hydrogen-bond donors (Lipinski definition) is 2. The molecule has 0 amide bonds. The van der Waals surface area contributed by atoms with Gasteiger partial charge in [0.25, 0.3) is 0 Å². The second-order valence-electron chi connectivity index (χ2n) is 8.29. The van der Waals surface area contributed by atoms with Crippen molar-refractivity contribution in [1.29, 1.82) is 0 Å². The maximum atomic E-state index is 14.1. The van der Waals surface area contributed by atoms with Crippen molar-refractivity contribution >= 4 is 30.6 Å². The van der Waals surface area contributed by atoms with Gasteiger partial charge in [-0.1, -0.05) is 18.2 Å². The molecule has 2 N–H and O–H groups in total. The van der Waals surface area contributed by atoms with Crippen LogP contribution in [0.15, 0.2) is 75.9 Å². The summed E-state index contributed by atoms with van der Waals surface area (Å²) >= 11 is 0. The van der Waals surface area contributed by atoms with Crippen LogP contribution in [0, 0.1) is 13.8 Å². The van der Waals surface area contributed by atoms with E-state index in [4.69, 9.17) is 0 Å². The fraction of sp³-hybridized carbons (Fsp3) is 0.154. The lowest BCUT2D eigenvalue weighted by molar-refractivity contribution is 0.474. The number of aliphatic imine (C=N–C) groups is 2. The molecule has 0 spiro atoms. The molecule has 2 aromatic carbocycles. The number of allylic oxidation sites excluding steroid dienone is 2. The van der Waals surface area contributed by atoms with E-state index in [1.165, 1.54) is 18.3 Å². The standard InChI is InChI=1S/C26H24BF2N3O2/c1-15-11-17(3)31-25(15)24(26-16(2)12-18(4)32(26)27(28)29)19-9-10-22(33)20(13-19)14-30-21-7-5-6-8-23(21)34/h5-14,33-34H,1-4H3/b25-24-,30-14?. The van der Waals surface area contributed by atoms with Gasteiger partial charge in [-0.05, 0) is 80.8 Å². The molecule has 8 heteroatoms. The van der Waals surface area contributed by atoms with Crippen molar-refractivity contribution in [2.45, 2.75) is 27.7 Å². The number of phenolic OH excluding ortho intramolecular Hbond substituents is 2. The van der Waals surface area contributed by atoms with Crippen molar-refractivity contribution in [1.82, 2.24) is 4.48 Å².